The third-order valence-corrected chi connectivity index (χ3v) is 3.66. The van der Waals surface area contributed by atoms with E-state index in [1.807, 2.05) is 11.4 Å². The van der Waals surface area contributed by atoms with E-state index in [1.54, 1.807) is 11.3 Å². The van der Waals surface area contributed by atoms with Crippen LogP contribution in [-0.4, -0.2) is 5.91 Å². The van der Waals surface area contributed by atoms with Gasteiger partial charge in [-0.1, -0.05) is 32.8 Å². The van der Waals surface area contributed by atoms with Crippen molar-refractivity contribution >= 4 is 17.2 Å². The first kappa shape index (κ1) is 13.2. The number of thiophene rings is 1. The van der Waals surface area contributed by atoms with E-state index in [0.29, 0.717) is 6.54 Å². The molecule has 0 aliphatic heterocycles. The molecule has 1 atom stereocenters. The normalized spacial score (nSPS) is 12.4. The van der Waals surface area contributed by atoms with E-state index in [1.165, 1.54) is 4.88 Å². The number of hydrogen-bond donors (Lipinski definition) is 1. The van der Waals surface area contributed by atoms with Gasteiger partial charge in [-0.3, -0.25) is 4.79 Å². The van der Waals surface area contributed by atoms with E-state index in [4.69, 9.17) is 0 Å². The average Bonchev–Trinajstić information content (AvgIpc) is 2.80. The zero-order valence-electron chi connectivity index (χ0n) is 10.2. The van der Waals surface area contributed by atoms with Crippen molar-refractivity contribution < 1.29 is 4.79 Å². The highest BCUT2D eigenvalue weighted by Gasteiger charge is 2.15. The number of carbonyl (C=O) groups is 1. The Morgan fingerprint density at radius 3 is 2.88 bits per heavy atom. The Morgan fingerprint density at radius 1 is 1.50 bits per heavy atom. The van der Waals surface area contributed by atoms with Crippen molar-refractivity contribution in [2.75, 3.05) is 0 Å². The quantitative estimate of drug-likeness (QED) is 0.774. The number of unbranched alkanes of at least 4 members (excludes halogenated alkanes) is 1. The van der Waals surface area contributed by atoms with Gasteiger partial charge < -0.3 is 5.32 Å². The van der Waals surface area contributed by atoms with E-state index >= 15 is 0 Å². The molecule has 0 aromatic carbocycles. The molecule has 1 aromatic heterocycles. The molecule has 0 saturated heterocycles. The smallest absolute Gasteiger partial charge is 0.223 e. The van der Waals surface area contributed by atoms with Gasteiger partial charge in [0.2, 0.25) is 5.91 Å². The molecule has 2 nitrogen and oxygen atoms in total. The van der Waals surface area contributed by atoms with Crippen LogP contribution in [0.1, 0.15) is 44.4 Å². The highest BCUT2D eigenvalue weighted by atomic mass is 32.1. The number of carbonyl (C=O) groups excluding carboxylic acids is 1. The van der Waals surface area contributed by atoms with Crippen LogP contribution in [0.5, 0.6) is 0 Å². The van der Waals surface area contributed by atoms with Crippen molar-refractivity contribution in [3.8, 4) is 0 Å². The van der Waals surface area contributed by atoms with Crippen LogP contribution in [0.3, 0.4) is 0 Å². The third-order valence-electron chi connectivity index (χ3n) is 2.79. The van der Waals surface area contributed by atoms with Gasteiger partial charge in [0.25, 0.3) is 0 Å². The average molecular weight is 239 g/mol. The number of amides is 1. The molecule has 1 aromatic rings. The molecule has 0 aliphatic carbocycles. The molecule has 0 radical (unpaired) electrons. The van der Waals surface area contributed by atoms with Crippen molar-refractivity contribution in [3.63, 3.8) is 0 Å². The van der Waals surface area contributed by atoms with Gasteiger partial charge in [-0.25, -0.2) is 0 Å². The van der Waals surface area contributed by atoms with E-state index < -0.39 is 0 Å². The second-order valence-corrected chi connectivity index (χ2v) is 5.08. The summed E-state index contributed by atoms with van der Waals surface area (Å²) in [5, 5.41) is 5.05. The van der Waals surface area contributed by atoms with Crippen LogP contribution in [0.15, 0.2) is 17.5 Å². The second kappa shape index (κ2) is 7.44. The summed E-state index contributed by atoms with van der Waals surface area (Å²) < 4.78 is 0. The molecule has 0 spiro atoms. The van der Waals surface area contributed by atoms with Crippen LogP contribution < -0.4 is 5.32 Å². The summed E-state index contributed by atoms with van der Waals surface area (Å²) in [7, 11) is 0. The van der Waals surface area contributed by atoms with Crippen LogP contribution >= 0.6 is 11.3 Å². The van der Waals surface area contributed by atoms with E-state index in [0.717, 1.165) is 25.7 Å². The number of rotatable bonds is 7. The minimum absolute atomic E-state index is 0.194. The van der Waals surface area contributed by atoms with Gasteiger partial charge in [0, 0.05) is 10.8 Å². The van der Waals surface area contributed by atoms with Crippen molar-refractivity contribution in [2.45, 2.75) is 46.1 Å². The van der Waals surface area contributed by atoms with Crippen molar-refractivity contribution in [1.29, 1.82) is 0 Å². The fourth-order valence-electron chi connectivity index (χ4n) is 1.70. The lowest BCUT2D eigenvalue weighted by Gasteiger charge is -2.13. The first-order chi connectivity index (χ1) is 7.77. The molecule has 0 bridgehead atoms. The first-order valence-electron chi connectivity index (χ1n) is 6.08. The lowest BCUT2D eigenvalue weighted by Crippen LogP contribution is -2.29. The maximum absolute atomic E-state index is 11.9. The maximum Gasteiger partial charge on any atom is 0.223 e. The first-order valence-corrected chi connectivity index (χ1v) is 6.96. The Bertz CT molecular complexity index is 295. The number of nitrogens with one attached hydrogen (secondary N) is 1. The standard InChI is InChI=1S/C13H21NOS/c1-3-5-7-11(4-2)13(15)14-10-12-8-6-9-16-12/h6,8-9,11H,3-5,7,10H2,1-2H3,(H,14,15)/t11-/m0/s1. The molecule has 1 rings (SSSR count). The van der Waals surface area contributed by atoms with Gasteiger partial charge in [0.05, 0.1) is 6.54 Å². The topological polar surface area (TPSA) is 29.1 Å². The predicted octanol–water partition coefficient (Wildman–Crippen LogP) is 3.58. The van der Waals surface area contributed by atoms with Crippen LogP contribution in [-0.2, 0) is 11.3 Å². The van der Waals surface area contributed by atoms with Crippen LogP contribution in [0.25, 0.3) is 0 Å². The zero-order chi connectivity index (χ0) is 11.8. The summed E-state index contributed by atoms with van der Waals surface area (Å²) in [4.78, 5) is 13.1. The van der Waals surface area contributed by atoms with Gasteiger partial charge in [-0.15, -0.1) is 11.3 Å². The molecule has 3 heteroatoms. The van der Waals surface area contributed by atoms with Gasteiger partial charge in [0.1, 0.15) is 0 Å². The van der Waals surface area contributed by atoms with E-state index in [-0.39, 0.29) is 11.8 Å². The summed E-state index contributed by atoms with van der Waals surface area (Å²) >= 11 is 1.69. The summed E-state index contributed by atoms with van der Waals surface area (Å²) in [6, 6.07) is 4.07. The van der Waals surface area contributed by atoms with Crippen molar-refractivity contribution in [3.05, 3.63) is 22.4 Å². The minimum atomic E-state index is 0.194. The fourth-order valence-corrected chi connectivity index (χ4v) is 2.35. The fraction of sp³-hybridized carbons (Fsp3) is 0.615. The Balaban J connectivity index is 2.31. The van der Waals surface area contributed by atoms with E-state index in [2.05, 4.69) is 25.2 Å². The lowest BCUT2D eigenvalue weighted by atomic mass is 9.98. The predicted molar refractivity (Wildman–Crippen MR) is 69.5 cm³/mol. The largest absolute Gasteiger partial charge is 0.351 e. The molecule has 0 fully saturated rings. The van der Waals surface area contributed by atoms with Crippen LogP contribution in [0, 0.1) is 5.92 Å². The second-order valence-electron chi connectivity index (χ2n) is 4.04. The van der Waals surface area contributed by atoms with Gasteiger partial charge in [-0.05, 0) is 24.3 Å². The molecule has 1 N–H and O–H groups in total. The molecule has 1 heterocycles. The van der Waals surface area contributed by atoms with Crippen LogP contribution in [0.2, 0.25) is 0 Å². The molecular weight excluding hydrogens is 218 g/mol. The maximum atomic E-state index is 11.9. The Morgan fingerprint density at radius 2 is 2.31 bits per heavy atom. The third kappa shape index (κ3) is 4.35. The Labute approximate surface area is 102 Å². The van der Waals surface area contributed by atoms with Crippen molar-refractivity contribution in [1.82, 2.24) is 5.32 Å². The Hall–Kier alpha value is -0.830. The SMILES string of the molecule is CCCC[C@H](CC)C(=O)NCc1cccs1. The Kier molecular flexibility index (Phi) is 6.16. The highest BCUT2D eigenvalue weighted by Crippen LogP contribution is 2.13. The summed E-state index contributed by atoms with van der Waals surface area (Å²) in [6.07, 6.45) is 4.26. The van der Waals surface area contributed by atoms with E-state index in [9.17, 15) is 4.79 Å². The summed E-state index contributed by atoms with van der Waals surface area (Å²) in [6.45, 7) is 4.93. The van der Waals surface area contributed by atoms with Crippen molar-refractivity contribution in [2.24, 2.45) is 5.92 Å². The van der Waals surface area contributed by atoms with Gasteiger partial charge >= 0.3 is 0 Å². The highest BCUT2D eigenvalue weighted by molar-refractivity contribution is 7.09. The molecule has 1 amide bonds. The number of hydrogen-bond acceptors (Lipinski definition) is 2. The van der Waals surface area contributed by atoms with Gasteiger partial charge in [-0.2, -0.15) is 0 Å². The molecular formula is C13H21NOS. The molecule has 90 valence electrons. The lowest BCUT2D eigenvalue weighted by molar-refractivity contribution is -0.125. The minimum Gasteiger partial charge on any atom is -0.351 e. The zero-order valence-corrected chi connectivity index (χ0v) is 11.0. The summed E-state index contributed by atoms with van der Waals surface area (Å²) in [5.41, 5.74) is 0. The molecule has 0 unspecified atom stereocenters. The monoisotopic (exact) mass is 239 g/mol. The summed E-state index contributed by atoms with van der Waals surface area (Å²) in [5.74, 6) is 0.407. The van der Waals surface area contributed by atoms with Gasteiger partial charge in [0.15, 0.2) is 0 Å². The van der Waals surface area contributed by atoms with Crippen LogP contribution in [0.4, 0.5) is 0 Å². The molecule has 0 saturated carbocycles. The molecule has 0 aliphatic rings. The molecule has 16 heavy (non-hydrogen) atoms.